The van der Waals surface area contributed by atoms with Crippen LogP contribution in [0.1, 0.15) is 0 Å². The molecule has 0 radical (unpaired) electrons. The van der Waals surface area contributed by atoms with Gasteiger partial charge in [0, 0.05) is 11.6 Å². The largest absolute Gasteiger partial charge is 0.482 e. The molecular formula is C17H13ClN2O2. The topological polar surface area (TPSA) is 51.2 Å². The van der Waals surface area contributed by atoms with Crippen molar-refractivity contribution in [1.29, 1.82) is 0 Å². The Bertz CT molecular complexity index is 815. The van der Waals surface area contributed by atoms with E-state index in [4.69, 9.17) is 16.3 Å². The third-order valence-electron chi connectivity index (χ3n) is 3.12. The molecule has 0 bridgehead atoms. The molecule has 0 saturated carbocycles. The molecule has 1 aromatic heterocycles. The van der Waals surface area contributed by atoms with Gasteiger partial charge in [-0.2, -0.15) is 0 Å². The van der Waals surface area contributed by atoms with E-state index in [-0.39, 0.29) is 12.5 Å². The van der Waals surface area contributed by atoms with Gasteiger partial charge in [0.1, 0.15) is 5.75 Å². The van der Waals surface area contributed by atoms with Crippen molar-refractivity contribution in [1.82, 2.24) is 4.98 Å². The maximum Gasteiger partial charge on any atom is 0.262 e. The van der Waals surface area contributed by atoms with Crippen LogP contribution in [0.2, 0.25) is 5.02 Å². The number of pyridine rings is 1. The molecule has 4 nitrogen and oxygen atoms in total. The number of ether oxygens (including phenoxy) is 1. The summed E-state index contributed by atoms with van der Waals surface area (Å²) in [6.07, 6.45) is 1.72. The number of nitrogens with one attached hydrogen (secondary N) is 1. The van der Waals surface area contributed by atoms with Crippen LogP contribution in [-0.4, -0.2) is 17.5 Å². The fraction of sp³-hybridized carbons (Fsp3) is 0.0588. The number of benzene rings is 2. The van der Waals surface area contributed by atoms with Gasteiger partial charge >= 0.3 is 0 Å². The molecule has 1 N–H and O–H groups in total. The Morgan fingerprint density at radius 3 is 2.82 bits per heavy atom. The Kier molecular flexibility index (Phi) is 4.21. The second-order valence-corrected chi connectivity index (χ2v) is 5.05. The number of nitrogens with zero attached hydrogens (tertiary/aromatic N) is 1. The van der Waals surface area contributed by atoms with Crippen molar-refractivity contribution < 1.29 is 9.53 Å². The zero-order valence-electron chi connectivity index (χ0n) is 11.6. The summed E-state index contributed by atoms with van der Waals surface area (Å²) in [6, 6.07) is 16.4. The van der Waals surface area contributed by atoms with E-state index in [1.807, 2.05) is 30.3 Å². The second-order valence-electron chi connectivity index (χ2n) is 4.64. The lowest BCUT2D eigenvalue weighted by Crippen LogP contribution is -2.20. The Morgan fingerprint density at radius 1 is 1.09 bits per heavy atom. The van der Waals surface area contributed by atoms with Gasteiger partial charge in [-0.15, -0.1) is 0 Å². The summed E-state index contributed by atoms with van der Waals surface area (Å²) in [4.78, 5) is 16.3. The number of aromatic nitrogens is 1. The van der Waals surface area contributed by atoms with Gasteiger partial charge in [-0.3, -0.25) is 9.78 Å². The fourth-order valence-corrected chi connectivity index (χ4v) is 2.29. The number of para-hydroxylation sites is 1. The number of hydrogen-bond acceptors (Lipinski definition) is 3. The van der Waals surface area contributed by atoms with Crippen molar-refractivity contribution in [2.45, 2.75) is 0 Å². The molecule has 2 aromatic carbocycles. The van der Waals surface area contributed by atoms with Gasteiger partial charge in [-0.25, -0.2) is 0 Å². The number of hydrogen-bond donors (Lipinski definition) is 1. The van der Waals surface area contributed by atoms with Crippen molar-refractivity contribution >= 4 is 34.1 Å². The van der Waals surface area contributed by atoms with E-state index in [0.29, 0.717) is 16.5 Å². The van der Waals surface area contributed by atoms with Crippen molar-refractivity contribution in [3.63, 3.8) is 0 Å². The van der Waals surface area contributed by atoms with E-state index in [1.165, 1.54) is 0 Å². The summed E-state index contributed by atoms with van der Waals surface area (Å²) in [7, 11) is 0. The average molecular weight is 313 g/mol. The third kappa shape index (κ3) is 3.18. The van der Waals surface area contributed by atoms with Gasteiger partial charge in [-0.1, -0.05) is 29.8 Å². The van der Waals surface area contributed by atoms with E-state index in [1.54, 1.807) is 30.5 Å². The third-order valence-corrected chi connectivity index (χ3v) is 3.43. The molecule has 0 atom stereocenters. The predicted molar refractivity (Wildman–Crippen MR) is 87.3 cm³/mol. The number of carbonyl (C=O) groups is 1. The van der Waals surface area contributed by atoms with Crippen molar-refractivity contribution in [2.24, 2.45) is 0 Å². The number of amides is 1. The van der Waals surface area contributed by atoms with E-state index < -0.39 is 0 Å². The molecule has 1 amide bonds. The summed E-state index contributed by atoms with van der Waals surface area (Å²) in [5.74, 6) is 0.232. The van der Waals surface area contributed by atoms with Crippen LogP contribution in [0.5, 0.6) is 5.75 Å². The minimum Gasteiger partial charge on any atom is -0.482 e. The highest BCUT2D eigenvalue weighted by Gasteiger charge is 2.08. The predicted octanol–water partition coefficient (Wildman–Crippen LogP) is 3.91. The molecule has 0 fully saturated rings. The monoisotopic (exact) mass is 312 g/mol. The van der Waals surface area contributed by atoms with Crippen molar-refractivity contribution in [3.05, 3.63) is 65.8 Å². The molecule has 0 saturated heterocycles. The SMILES string of the molecule is O=C(COc1ccccc1Cl)Nc1cccc2ncccc12. The first kappa shape index (κ1) is 14.4. The van der Waals surface area contributed by atoms with Crippen LogP contribution in [0.25, 0.3) is 10.9 Å². The molecular weight excluding hydrogens is 300 g/mol. The van der Waals surface area contributed by atoms with Gasteiger partial charge in [-0.05, 0) is 36.4 Å². The fourth-order valence-electron chi connectivity index (χ4n) is 2.10. The quantitative estimate of drug-likeness (QED) is 0.794. The Hall–Kier alpha value is -2.59. The van der Waals surface area contributed by atoms with Crippen LogP contribution in [0.4, 0.5) is 5.69 Å². The zero-order valence-corrected chi connectivity index (χ0v) is 12.4. The van der Waals surface area contributed by atoms with Gasteiger partial charge in [0.25, 0.3) is 5.91 Å². The smallest absolute Gasteiger partial charge is 0.262 e. The van der Waals surface area contributed by atoms with Crippen LogP contribution in [-0.2, 0) is 4.79 Å². The van der Waals surface area contributed by atoms with Crippen LogP contribution >= 0.6 is 11.6 Å². The first-order chi connectivity index (χ1) is 10.7. The molecule has 0 aliphatic rings. The van der Waals surface area contributed by atoms with E-state index >= 15 is 0 Å². The van der Waals surface area contributed by atoms with Crippen LogP contribution < -0.4 is 10.1 Å². The van der Waals surface area contributed by atoms with E-state index in [2.05, 4.69) is 10.3 Å². The number of rotatable bonds is 4. The molecule has 0 aliphatic carbocycles. The highest BCUT2D eigenvalue weighted by atomic mass is 35.5. The second kappa shape index (κ2) is 6.45. The lowest BCUT2D eigenvalue weighted by molar-refractivity contribution is -0.118. The maximum atomic E-state index is 12.0. The first-order valence-electron chi connectivity index (χ1n) is 6.75. The molecule has 3 aromatic rings. The summed E-state index contributed by atoms with van der Waals surface area (Å²) >= 11 is 5.98. The van der Waals surface area contributed by atoms with Gasteiger partial charge in [0.05, 0.1) is 16.2 Å². The minimum absolute atomic E-state index is 0.111. The summed E-state index contributed by atoms with van der Waals surface area (Å²) in [5, 5.41) is 4.19. The van der Waals surface area contributed by atoms with Crippen molar-refractivity contribution in [3.8, 4) is 5.75 Å². The number of carbonyl (C=O) groups excluding carboxylic acids is 1. The van der Waals surface area contributed by atoms with Crippen molar-refractivity contribution in [2.75, 3.05) is 11.9 Å². The lowest BCUT2D eigenvalue weighted by Gasteiger charge is -2.10. The van der Waals surface area contributed by atoms with Crippen LogP contribution in [0.3, 0.4) is 0 Å². The van der Waals surface area contributed by atoms with Gasteiger partial charge < -0.3 is 10.1 Å². The molecule has 1 heterocycles. The Labute approximate surface area is 132 Å². The summed E-state index contributed by atoms with van der Waals surface area (Å²) in [6.45, 7) is -0.111. The Balaban J connectivity index is 1.70. The van der Waals surface area contributed by atoms with Crippen LogP contribution in [0, 0.1) is 0 Å². The standard InChI is InChI=1S/C17H13ClN2O2/c18-13-6-1-2-9-16(13)22-11-17(21)20-15-8-3-7-14-12(15)5-4-10-19-14/h1-10H,11H2,(H,20,21). The number of fused-ring (bicyclic) bond motifs is 1. The highest BCUT2D eigenvalue weighted by molar-refractivity contribution is 6.32. The number of anilines is 1. The molecule has 22 heavy (non-hydrogen) atoms. The average Bonchev–Trinajstić information content (AvgIpc) is 2.54. The lowest BCUT2D eigenvalue weighted by atomic mass is 10.2. The Morgan fingerprint density at radius 2 is 1.95 bits per heavy atom. The molecule has 110 valence electrons. The minimum atomic E-state index is -0.253. The molecule has 0 aliphatic heterocycles. The molecule has 5 heteroatoms. The summed E-state index contributed by atoms with van der Waals surface area (Å²) in [5.41, 5.74) is 1.53. The molecule has 0 unspecified atom stereocenters. The highest BCUT2D eigenvalue weighted by Crippen LogP contribution is 2.24. The van der Waals surface area contributed by atoms with Gasteiger partial charge in [0.2, 0.25) is 0 Å². The normalized spacial score (nSPS) is 10.4. The van der Waals surface area contributed by atoms with Gasteiger partial charge in [0.15, 0.2) is 6.61 Å². The first-order valence-corrected chi connectivity index (χ1v) is 7.13. The van der Waals surface area contributed by atoms with E-state index in [9.17, 15) is 4.79 Å². The van der Waals surface area contributed by atoms with Crippen LogP contribution in [0.15, 0.2) is 60.8 Å². The van der Waals surface area contributed by atoms with E-state index in [0.717, 1.165) is 10.9 Å². The number of halogens is 1. The zero-order chi connectivity index (χ0) is 15.4. The summed E-state index contributed by atoms with van der Waals surface area (Å²) < 4.78 is 5.42. The maximum absolute atomic E-state index is 12.0. The molecule has 3 rings (SSSR count). The molecule has 0 spiro atoms.